The molecule has 0 aromatic heterocycles. The first-order valence-electron chi connectivity index (χ1n) is 2.77. The molecular formula is C6H8FNO. The highest BCUT2D eigenvalue weighted by atomic mass is 19.1. The van der Waals surface area contributed by atoms with Crippen LogP contribution in [0.3, 0.4) is 0 Å². The van der Waals surface area contributed by atoms with Crippen LogP contribution in [0.2, 0.25) is 0 Å². The molecule has 1 unspecified atom stereocenters. The molecule has 50 valence electrons. The molecule has 3 heteroatoms. The van der Waals surface area contributed by atoms with Gasteiger partial charge in [0.25, 0.3) is 0 Å². The van der Waals surface area contributed by atoms with E-state index in [-0.39, 0.29) is 0 Å². The molecule has 0 fully saturated rings. The summed E-state index contributed by atoms with van der Waals surface area (Å²) in [6.45, 7) is 1.87. The molecule has 1 heterocycles. The maximum atomic E-state index is 12.4. The average molecular weight is 129 g/mol. The molecule has 9 heavy (non-hydrogen) atoms. The normalized spacial score (nSPS) is 27.2. The Labute approximate surface area is 52.7 Å². The lowest BCUT2D eigenvalue weighted by molar-refractivity contribution is 0.227. The van der Waals surface area contributed by atoms with Gasteiger partial charge in [-0.2, -0.15) is 0 Å². The standard InChI is InChI=1S/C6H8FNO/c1-4-6(7)2-5(9)3-8-4/h2,5,9H,3H2,1H3. The minimum Gasteiger partial charge on any atom is -0.387 e. The van der Waals surface area contributed by atoms with Crippen molar-refractivity contribution in [3.63, 3.8) is 0 Å². The SMILES string of the molecule is CC1=NCC(O)C=C1F. The maximum absolute atomic E-state index is 12.4. The molecule has 0 saturated carbocycles. The lowest BCUT2D eigenvalue weighted by Gasteiger charge is -2.08. The fourth-order valence-corrected chi connectivity index (χ4v) is 0.648. The van der Waals surface area contributed by atoms with Crippen LogP contribution in [0, 0.1) is 0 Å². The van der Waals surface area contributed by atoms with Crippen LogP contribution in [0.4, 0.5) is 4.39 Å². The van der Waals surface area contributed by atoms with Gasteiger partial charge in [0.05, 0.1) is 18.4 Å². The molecule has 0 radical (unpaired) electrons. The van der Waals surface area contributed by atoms with Crippen LogP contribution >= 0.6 is 0 Å². The van der Waals surface area contributed by atoms with E-state index in [1.54, 1.807) is 6.92 Å². The summed E-state index contributed by atoms with van der Waals surface area (Å²) in [5.74, 6) is -0.409. The second kappa shape index (κ2) is 2.27. The quantitative estimate of drug-likeness (QED) is 0.512. The largest absolute Gasteiger partial charge is 0.387 e. The minimum atomic E-state index is -0.728. The van der Waals surface area contributed by atoms with Crippen molar-refractivity contribution in [1.29, 1.82) is 0 Å². The predicted molar refractivity (Wildman–Crippen MR) is 33.2 cm³/mol. The Morgan fingerprint density at radius 1 is 1.89 bits per heavy atom. The van der Waals surface area contributed by atoms with Gasteiger partial charge in [0.1, 0.15) is 5.83 Å². The molecule has 0 aliphatic carbocycles. The number of hydrogen-bond donors (Lipinski definition) is 1. The second-order valence-corrected chi connectivity index (χ2v) is 2.01. The van der Waals surface area contributed by atoms with Gasteiger partial charge in [-0.05, 0) is 13.0 Å². The summed E-state index contributed by atoms with van der Waals surface area (Å²) in [5, 5.41) is 8.77. The Balaban J connectivity index is 2.75. The van der Waals surface area contributed by atoms with E-state index < -0.39 is 11.9 Å². The molecule has 0 bridgehead atoms. The van der Waals surface area contributed by atoms with Gasteiger partial charge in [-0.3, -0.25) is 4.99 Å². The van der Waals surface area contributed by atoms with E-state index in [2.05, 4.69) is 4.99 Å². The molecule has 1 aliphatic heterocycles. The van der Waals surface area contributed by atoms with E-state index in [1.807, 2.05) is 0 Å². The van der Waals surface area contributed by atoms with Gasteiger partial charge in [0, 0.05) is 0 Å². The zero-order chi connectivity index (χ0) is 6.85. The summed E-state index contributed by atoms with van der Waals surface area (Å²) in [7, 11) is 0. The monoisotopic (exact) mass is 129 g/mol. The van der Waals surface area contributed by atoms with E-state index >= 15 is 0 Å². The van der Waals surface area contributed by atoms with Crippen molar-refractivity contribution in [3.8, 4) is 0 Å². The number of aliphatic imine (C=N–C) groups is 1. The number of nitrogens with zero attached hydrogens (tertiary/aromatic N) is 1. The first-order chi connectivity index (χ1) is 4.20. The molecule has 1 N–H and O–H groups in total. The summed E-state index contributed by atoms with van der Waals surface area (Å²) < 4.78 is 12.4. The van der Waals surface area contributed by atoms with Crippen LogP contribution in [-0.2, 0) is 0 Å². The average Bonchev–Trinajstić information content (AvgIpc) is 1.80. The number of allylic oxidation sites excluding steroid dienone is 1. The highest BCUT2D eigenvalue weighted by molar-refractivity contribution is 5.96. The Morgan fingerprint density at radius 2 is 2.56 bits per heavy atom. The van der Waals surface area contributed by atoms with Crippen molar-refractivity contribution in [2.24, 2.45) is 4.99 Å². The first kappa shape index (κ1) is 6.42. The van der Waals surface area contributed by atoms with Gasteiger partial charge in [-0.25, -0.2) is 4.39 Å². The van der Waals surface area contributed by atoms with Gasteiger partial charge in [0.2, 0.25) is 0 Å². The molecule has 0 spiro atoms. The van der Waals surface area contributed by atoms with Crippen LogP contribution in [0.1, 0.15) is 6.92 Å². The predicted octanol–water partition coefficient (Wildman–Crippen LogP) is 0.675. The van der Waals surface area contributed by atoms with Crippen LogP contribution < -0.4 is 0 Å². The summed E-state index contributed by atoms with van der Waals surface area (Å²) in [5.41, 5.74) is 0.375. The van der Waals surface area contributed by atoms with E-state index in [4.69, 9.17) is 5.11 Å². The molecule has 2 nitrogen and oxygen atoms in total. The third-order valence-electron chi connectivity index (χ3n) is 1.20. The van der Waals surface area contributed by atoms with Crippen molar-refractivity contribution in [3.05, 3.63) is 11.9 Å². The smallest absolute Gasteiger partial charge is 0.142 e. The van der Waals surface area contributed by atoms with Crippen LogP contribution in [0.5, 0.6) is 0 Å². The third kappa shape index (κ3) is 1.36. The van der Waals surface area contributed by atoms with Crippen molar-refractivity contribution in [1.82, 2.24) is 0 Å². The van der Waals surface area contributed by atoms with Gasteiger partial charge >= 0.3 is 0 Å². The molecule has 1 rings (SSSR count). The zero-order valence-electron chi connectivity index (χ0n) is 5.13. The number of halogens is 1. The maximum Gasteiger partial charge on any atom is 0.142 e. The molecule has 1 atom stereocenters. The topological polar surface area (TPSA) is 32.6 Å². The Kier molecular flexibility index (Phi) is 1.62. The van der Waals surface area contributed by atoms with E-state index in [9.17, 15) is 4.39 Å². The van der Waals surface area contributed by atoms with Gasteiger partial charge < -0.3 is 5.11 Å². The van der Waals surface area contributed by atoms with Crippen LogP contribution in [-0.4, -0.2) is 23.5 Å². The molecule has 0 amide bonds. The Hall–Kier alpha value is -0.700. The Morgan fingerprint density at radius 3 is 3.00 bits per heavy atom. The number of hydrogen-bond acceptors (Lipinski definition) is 2. The fourth-order valence-electron chi connectivity index (χ4n) is 0.648. The Bertz CT molecular complexity index is 174. The van der Waals surface area contributed by atoms with Crippen molar-refractivity contribution in [2.75, 3.05) is 6.54 Å². The molecule has 0 aromatic carbocycles. The summed E-state index contributed by atoms with van der Waals surface area (Å²) in [6, 6.07) is 0. The number of rotatable bonds is 0. The van der Waals surface area contributed by atoms with Crippen molar-refractivity contribution < 1.29 is 9.50 Å². The summed E-state index contributed by atoms with van der Waals surface area (Å²) >= 11 is 0. The second-order valence-electron chi connectivity index (χ2n) is 2.01. The number of aliphatic hydroxyl groups is 1. The molecule has 1 aliphatic rings. The van der Waals surface area contributed by atoms with E-state index in [1.165, 1.54) is 6.08 Å². The number of aliphatic hydroxyl groups excluding tert-OH is 1. The zero-order valence-corrected chi connectivity index (χ0v) is 5.13. The lowest BCUT2D eigenvalue weighted by Crippen LogP contribution is -2.15. The van der Waals surface area contributed by atoms with Gasteiger partial charge in [-0.15, -0.1) is 0 Å². The fraction of sp³-hybridized carbons (Fsp3) is 0.500. The molecule has 0 saturated heterocycles. The van der Waals surface area contributed by atoms with Crippen LogP contribution in [0.15, 0.2) is 16.9 Å². The van der Waals surface area contributed by atoms with Gasteiger partial charge in [0.15, 0.2) is 0 Å². The van der Waals surface area contributed by atoms with E-state index in [0.29, 0.717) is 12.3 Å². The van der Waals surface area contributed by atoms with Gasteiger partial charge in [-0.1, -0.05) is 0 Å². The molecular weight excluding hydrogens is 121 g/mol. The first-order valence-corrected chi connectivity index (χ1v) is 2.77. The van der Waals surface area contributed by atoms with E-state index in [0.717, 1.165) is 0 Å². The minimum absolute atomic E-state index is 0.291. The highest BCUT2D eigenvalue weighted by Crippen LogP contribution is 2.07. The lowest BCUT2D eigenvalue weighted by atomic mass is 10.2. The van der Waals surface area contributed by atoms with Crippen molar-refractivity contribution in [2.45, 2.75) is 13.0 Å². The summed E-state index contributed by atoms with van der Waals surface area (Å²) in [6.07, 6.45) is 0.441. The van der Waals surface area contributed by atoms with Crippen LogP contribution in [0.25, 0.3) is 0 Å². The number of dihydropyridines is 1. The third-order valence-corrected chi connectivity index (χ3v) is 1.20. The molecule has 0 aromatic rings. The highest BCUT2D eigenvalue weighted by Gasteiger charge is 2.10. The summed E-state index contributed by atoms with van der Waals surface area (Å²) in [4.78, 5) is 3.72. The van der Waals surface area contributed by atoms with Crippen molar-refractivity contribution >= 4 is 5.71 Å².